The molecule has 0 atom stereocenters. The smallest absolute Gasteiger partial charge is 0.120 e. The Kier molecular flexibility index (Phi) is 5.85. The van der Waals surface area contributed by atoms with Gasteiger partial charge in [-0.25, -0.2) is 0 Å². The van der Waals surface area contributed by atoms with Crippen LogP contribution in [-0.4, -0.2) is 18.6 Å². The van der Waals surface area contributed by atoms with Gasteiger partial charge in [-0.15, -0.1) is 0 Å². The Labute approximate surface area is 133 Å². The maximum Gasteiger partial charge on any atom is 0.120 e. The van der Waals surface area contributed by atoms with Crippen molar-refractivity contribution in [1.82, 2.24) is 0 Å². The minimum atomic E-state index is 0.426. The molecule has 3 N–H and O–H groups in total. The highest BCUT2D eigenvalue weighted by molar-refractivity contribution is 7.80. The standard InChI is InChI=1S/C17H26N2OS/c1-3-12-4-6-13(7-5-12)11-19-16-10-14(20-2)8-9-15(16)17(18)21/h8-10,12-13,19H,3-7,11H2,1-2H3,(H2,18,21). The molecule has 0 spiro atoms. The second-order valence-electron chi connectivity index (χ2n) is 5.95. The van der Waals surface area contributed by atoms with Crippen molar-refractivity contribution in [2.24, 2.45) is 17.6 Å². The zero-order valence-electron chi connectivity index (χ0n) is 13.0. The Bertz CT molecular complexity index is 482. The van der Waals surface area contributed by atoms with Crippen molar-refractivity contribution in [2.45, 2.75) is 39.0 Å². The van der Waals surface area contributed by atoms with Crippen molar-refractivity contribution in [2.75, 3.05) is 19.0 Å². The van der Waals surface area contributed by atoms with Gasteiger partial charge in [0.1, 0.15) is 10.7 Å². The van der Waals surface area contributed by atoms with E-state index in [2.05, 4.69) is 12.2 Å². The second kappa shape index (κ2) is 7.64. The molecule has 1 aromatic rings. The van der Waals surface area contributed by atoms with Gasteiger partial charge in [-0.05, 0) is 36.8 Å². The molecule has 1 aliphatic rings. The van der Waals surface area contributed by atoms with Gasteiger partial charge in [0, 0.05) is 23.9 Å². The zero-order valence-corrected chi connectivity index (χ0v) is 13.8. The number of methoxy groups -OCH3 is 1. The minimum Gasteiger partial charge on any atom is -0.497 e. The fourth-order valence-electron chi connectivity index (χ4n) is 3.11. The Balaban J connectivity index is 1.97. The van der Waals surface area contributed by atoms with E-state index in [0.29, 0.717) is 4.99 Å². The van der Waals surface area contributed by atoms with E-state index in [1.165, 1.54) is 32.1 Å². The van der Waals surface area contributed by atoms with Crippen LogP contribution in [0, 0.1) is 11.8 Å². The van der Waals surface area contributed by atoms with Crippen LogP contribution < -0.4 is 15.8 Å². The normalized spacial score (nSPS) is 21.8. The van der Waals surface area contributed by atoms with Gasteiger partial charge in [-0.1, -0.05) is 38.4 Å². The Morgan fingerprint density at radius 1 is 1.29 bits per heavy atom. The second-order valence-corrected chi connectivity index (χ2v) is 6.39. The molecule has 3 nitrogen and oxygen atoms in total. The molecule has 1 saturated carbocycles. The number of ether oxygens (including phenoxy) is 1. The van der Waals surface area contributed by atoms with Crippen molar-refractivity contribution < 1.29 is 4.74 Å². The summed E-state index contributed by atoms with van der Waals surface area (Å²) in [5.74, 6) is 2.51. The summed E-state index contributed by atoms with van der Waals surface area (Å²) in [6.45, 7) is 3.28. The van der Waals surface area contributed by atoms with Gasteiger partial charge >= 0.3 is 0 Å². The largest absolute Gasteiger partial charge is 0.497 e. The maximum atomic E-state index is 5.80. The van der Waals surface area contributed by atoms with Gasteiger partial charge in [-0.3, -0.25) is 0 Å². The van der Waals surface area contributed by atoms with E-state index in [1.807, 2.05) is 18.2 Å². The predicted molar refractivity (Wildman–Crippen MR) is 93.1 cm³/mol. The van der Waals surface area contributed by atoms with E-state index in [9.17, 15) is 0 Å². The van der Waals surface area contributed by atoms with Crippen molar-refractivity contribution in [1.29, 1.82) is 0 Å². The van der Waals surface area contributed by atoms with Crippen LogP contribution in [0.3, 0.4) is 0 Å². The molecule has 0 aliphatic heterocycles. The predicted octanol–water partition coefficient (Wildman–Crippen LogP) is 3.96. The monoisotopic (exact) mass is 306 g/mol. The van der Waals surface area contributed by atoms with E-state index >= 15 is 0 Å². The molecule has 0 aromatic heterocycles. The van der Waals surface area contributed by atoms with Crippen molar-refractivity contribution in [3.63, 3.8) is 0 Å². The van der Waals surface area contributed by atoms with Crippen LogP contribution in [-0.2, 0) is 0 Å². The van der Waals surface area contributed by atoms with E-state index in [0.717, 1.165) is 35.4 Å². The zero-order chi connectivity index (χ0) is 15.2. The van der Waals surface area contributed by atoms with E-state index in [4.69, 9.17) is 22.7 Å². The molecule has 1 aromatic carbocycles. The summed E-state index contributed by atoms with van der Waals surface area (Å²) in [5.41, 5.74) is 7.68. The SMILES string of the molecule is CCC1CCC(CNc2cc(OC)ccc2C(N)=S)CC1. The lowest BCUT2D eigenvalue weighted by molar-refractivity contribution is 0.278. The highest BCUT2D eigenvalue weighted by atomic mass is 32.1. The van der Waals surface area contributed by atoms with Crippen LogP contribution in [0.15, 0.2) is 18.2 Å². The molecule has 21 heavy (non-hydrogen) atoms. The number of hydrogen-bond acceptors (Lipinski definition) is 3. The van der Waals surface area contributed by atoms with Crippen LogP contribution in [0.2, 0.25) is 0 Å². The first kappa shape index (κ1) is 16.1. The van der Waals surface area contributed by atoms with E-state index < -0.39 is 0 Å². The number of rotatable bonds is 6. The molecule has 2 rings (SSSR count). The Morgan fingerprint density at radius 3 is 2.52 bits per heavy atom. The first-order chi connectivity index (χ1) is 10.1. The number of thiocarbonyl (C=S) groups is 1. The quantitative estimate of drug-likeness (QED) is 0.781. The number of benzene rings is 1. The summed E-state index contributed by atoms with van der Waals surface area (Å²) in [4.78, 5) is 0.426. The van der Waals surface area contributed by atoms with Gasteiger partial charge < -0.3 is 15.8 Å². The number of nitrogens with one attached hydrogen (secondary N) is 1. The molecule has 0 amide bonds. The molecule has 116 valence electrons. The summed E-state index contributed by atoms with van der Waals surface area (Å²) in [5, 5.41) is 3.52. The first-order valence-corrected chi connectivity index (χ1v) is 8.26. The molecular weight excluding hydrogens is 280 g/mol. The third-order valence-electron chi connectivity index (χ3n) is 4.62. The van der Waals surface area contributed by atoms with Crippen molar-refractivity contribution >= 4 is 22.9 Å². The number of anilines is 1. The third-order valence-corrected chi connectivity index (χ3v) is 4.84. The van der Waals surface area contributed by atoms with Gasteiger partial charge in [0.05, 0.1) is 7.11 Å². The highest BCUT2D eigenvalue weighted by Gasteiger charge is 2.20. The fraction of sp³-hybridized carbons (Fsp3) is 0.588. The first-order valence-electron chi connectivity index (χ1n) is 7.85. The average molecular weight is 306 g/mol. The van der Waals surface area contributed by atoms with Crippen LogP contribution in [0.4, 0.5) is 5.69 Å². The molecule has 0 radical (unpaired) electrons. The lowest BCUT2D eigenvalue weighted by Gasteiger charge is -2.28. The summed E-state index contributed by atoms with van der Waals surface area (Å²) in [7, 11) is 1.67. The highest BCUT2D eigenvalue weighted by Crippen LogP contribution is 2.31. The summed E-state index contributed by atoms with van der Waals surface area (Å²) in [6, 6.07) is 5.80. The van der Waals surface area contributed by atoms with E-state index in [-0.39, 0.29) is 0 Å². The van der Waals surface area contributed by atoms with Crippen molar-refractivity contribution in [3.8, 4) is 5.75 Å². The van der Waals surface area contributed by atoms with Crippen LogP contribution in [0.5, 0.6) is 5.75 Å². The van der Waals surface area contributed by atoms with Crippen LogP contribution >= 0.6 is 12.2 Å². The molecule has 1 fully saturated rings. The molecule has 0 heterocycles. The summed E-state index contributed by atoms with van der Waals surface area (Å²) < 4.78 is 5.29. The topological polar surface area (TPSA) is 47.3 Å². The number of nitrogens with two attached hydrogens (primary N) is 1. The van der Waals surface area contributed by atoms with E-state index in [1.54, 1.807) is 7.11 Å². The van der Waals surface area contributed by atoms with Crippen LogP contribution in [0.1, 0.15) is 44.6 Å². The van der Waals surface area contributed by atoms with Gasteiger partial charge in [0.15, 0.2) is 0 Å². The van der Waals surface area contributed by atoms with Gasteiger partial charge in [0.25, 0.3) is 0 Å². The number of hydrogen-bond donors (Lipinski definition) is 2. The Morgan fingerprint density at radius 2 is 1.95 bits per heavy atom. The van der Waals surface area contributed by atoms with Gasteiger partial charge in [-0.2, -0.15) is 0 Å². The van der Waals surface area contributed by atoms with Crippen LogP contribution in [0.25, 0.3) is 0 Å². The Hall–Kier alpha value is -1.29. The average Bonchev–Trinajstić information content (AvgIpc) is 2.52. The third kappa shape index (κ3) is 4.34. The molecule has 0 unspecified atom stereocenters. The van der Waals surface area contributed by atoms with Gasteiger partial charge in [0.2, 0.25) is 0 Å². The lowest BCUT2D eigenvalue weighted by Crippen LogP contribution is -2.22. The molecule has 0 saturated heterocycles. The molecule has 4 heteroatoms. The maximum absolute atomic E-state index is 5.80. The molecule has 0 bridgehead atoms. The fourth-order valence-corrected chi connectivity index (χ4v) is 3.29. The summed E-state index contributed by atoms with van der Waals surface area (Å²) >= 11 is 5.13. The summed E-state index contributed by atoms with van der Waals surface area (Å²) in [6.07, 6.45) is 6.68. The minimum absolute atomic E-state index is 0.426. The van der Waals surface area contributed by atoms with Crippen molar-refractivity contribution in [3.05, 3.63) is 23.8 Å². The molecule has 1 aliphatic carbocycles. The molecular formula is C17H26N2OS. The lowest BCUT2D eigenvalue weighted by atomic mass is 9.81.